The topological polar surface area (TPSA) is 83.5 Å². The van der Waals surface area contributed by atoms with Crippen molar-refractivity contribution in [3.8, 4) is 0 Å². The van der Waals surface area contributed by atoms with E-state index in [0.717, 1.165) is 0 Å². The summed E-state index contributed by atoms with van der Waals surface area (Å²) >= 11 is 0. The monoisotopic (exact) mass is 377 g/mol. The maximum absolute atomic E-state index is 13.8. The van der Waals surface area contributed by atoms with Crippen LogP contribution in [0.25, 0.3) is 0 Å². The van der Waals surface area contributed by atoms with Crippen molar-refractivity contribution in [3.63, 3.8) is 0 Å². The molecular weight excluding hydrogens is 366 g/mol. The van der Waals surface area contributed by atoms with Crippen LogP contribution in [0.2, 0.25) is 0 Å². The van der Waals surface area contributed by atoms with E-state index in [4.69, 9.17) is 5.11 Å². The second-order valence-corrected chi connectivity index (χ2v) is 6.67. The van der Waals surface area contributed by atoms with E-state index in [1.807, 2.05) is 4.72 Å². The van der Waals surface area contributed by atoms with Crippen LogP contribution in [-0.2, 0) is 27.4 Å². The molecule has 0 bridgehead atoms. The first-order valence-corrected chi connectivity index (χ1v) is 8.17. The predicted molar refractivity (Wildman–Crippen MR) is 80.0 cm³/mol. The van der Waals surface area contributed by atoms with Crippen molar-refractivity contribution in [3.05, 3.63) is 59.4 Å². The minimum Gasteiger partial charge on any atom is -0.481 e. The van der Waals surface area contributed by atoms with E-state index in [1.165, 1.54) is 24.3 Å². The van der Waals surface area contributed by atoms with Gasteiger partial charge in [-0.05, 0) is 35.9 Å². The molecule has 2 aromatic carbocycles. The third-order valence-corrected chi connectivity index (χ3v) is 4.52. The normalized spacial score (nSPS) is 12.0. The average Bonchev–Trinajstić information content (AvgIpc) is 2.47. The van der Waals surface area contributed by atoms with Gasteiger partial charge in [0.15, 0.2) is 0 Å². The molecule has 2 N–H and O–H groups in total. The highest BCUT2D eigenvalue weighted by atomic mass is 32.2. The molecule has 0 unspecified atom stereocenters. The van der Waals surface area contributed by atoms with Crippen molar-refractivity contribution in [2.45, 2.75) is 17.5 Å². The van der Waals surface area contributed by atoms with E-state index in [-0.39, 0.29) is 18.2 Å². The lowest BCUT2D eigenvalue weighted by molar-refractivity contribution is -0.138. The van der Waals surface area contributed by atoms with E-state index in [1.54, 1.807) is 0 Å². The van der Waals surface area contributed by atoms with Crippen LogP contribution in [0.1, 0.15) is 11.1 Å². The van der Waals surface area contributed by atoms with E-state index in [0.29, 0.717) is 17.7 Å². The van der Waals surface area contributed by atoms with Crippen molar-refractivity contribution in [2.24, 2.45) is 0 Å². The standard InChI is InChI=1S/C15H11F4NO4S/c16-12-8-10(15(17,18)19)3-6-13(12)25(23,24)20-11-4-1-9(2-5-11)7-14(21)22/h1-6,8,20H,7H2,(H,21,22). The van der Waals surface area contributed by atoms with Gasteiger partial charge in [0.25, 0.3) is 10.0 Å². The summed E-state index contributed by atoms with van der Waals surface area (Å²) in [5.41, 5.74) is -0.883. The first kappa shape index (κ1) is 18.7. The summed E-state index contributed by atoms with van der Waals surface area (Å²) in [5.74, 6) is -2.61. The number of hydrogen-bond acceptors (Lipinski definition) is 3. The summed E-state index contributed by atoms with van der Waals surface area (Å²) in [6.07, 6.45) is -5.06. The van der Waals surface area contributed by atoms with Crippen LogP contribution in [0, 0.1) is 5.82 Å². The minimum absolute atomic E-state index is 0.00781. The van der Waals surface area contributed by atoms with Crippen molar-refractivity contribution in [1.82, 2.24) is 0 Å². The quantitative estimate of drug-likeness (QED) is 0.784. The fourth-order valence-corrected chi connectivity index (χ4v) is 3.09. The van der Waals surface area contributed by atoms with Gasteiger partial charge in [-0.3, -0.25) is 9.52 Å². The molecule has 10 heteroatoms. The summed E-state index contributed by atoms with van der Waals surface area (Å²) in [6.45, 7) is 0. The maximum atomic E-state index is 13.8. The molecule has 5 nitrogen and oxygen atoms in total. The molecule has 2 rings (SSSR count). The Hall–Kier alpha value is -2.62. The lowest BCUT2D eigenvalue weighted by Crippen LogP contribution is -2.16. The molecule has 134 valence electrons. The van der Waals surface area contributed by atoms with Gasteiger partial charge in [0, 0.05) is 5.69 Å². The molecule has 0 amide bonds. The van der Waals surface area contributed by atoms with Gasteiger partial charge < -0.3 is 5.11 Å². The molecular formula is C15H11F4NO4S. The number of carboxylic acids is 1. The largest absolute Gasteiger partial charge is 0.481 e. The molecule has 0 fully saturated rings. The van der Waals surface area contributed by atoms with Gasteiger partial charge in [-0.15, -0.1) is 0 Å². The highest BCUT2D eigenvalue weighted by molar-refractivity contribution is 7.92. The molecule has 0 aromatic heterocycles. The highest BCUT2D eigenvalue weighted by Gasteiger charge is 2.32. The number of nitrogens with one attached hydrogen (secondary N) is 1. The van der Waals surface area contributed by atoms with Crippen molar-refractivity contribution < 1.29 is 35.9 Å². The number of anilines is 1. The van der Waals surface area contributed by atoms with E-state index in [2.05, 4.69) is 0 Å². The molecule has 0 heterocycles. The SMILES string of the molecule is O=C(O)Cc1ccc(NS(=O)(=O)c2ccc(C(F)(F)F)cc2F)cc1. The molecule has 0 aliphatic heterocycles. The van der Waals surface area contributed by atoms with Gasteiger partial charge >= 0.3 is 12.1 Å². The van der Waals surface area contributed by atoms with Crippen molar-refractivity contribution in [2.75, 3.05) is 4.72 Å². The van der Waals surface area contributed by atoms with Crippen LogP contribution >= 0.6 is 0 Å². The Bertz CT molecular complexity index is 893. The average molecular weight is 377 g/mol. The van der Waals surface area contributed by atoms with Crippen LogP contribution in [0.15, 0.2) is 47.4 Å². The van der Waals surface area contributed by atoms with E-state index < -0.39 is 38.4 Å². The number of benzene rings is 2. The Balaban J connectivity index is 2.26. The number of carboxylic acid groups (broad SMARTS) is 1. The lowest BCUT2D eigenvalue weighted by atomic mass is 10.1. The van der Waals surface area contributed by atoms with Gasteiger partial charge in [-0.25, -0.2) is 12.8 Å². The summed E-state index contributed by atoms with van der Waals surface area (Å²) in [7, 11) is -4.45. The molecule has 0 saturated carbocycles. The molecule has 25 heavy (non-hydrogen) atoms. The number of sulfonamides is 1. The van der Waals surface area contributed by atoms with E-state index in [9.17, 15) is 30.8 Å². The zero-order valence-corrected chi connectivity index (χ0v) is 13.2. The second kappa shape index (κ2) is 6.71. The van der Waals surface area contributed by atoms with Crippen LogP contribution < -0.4 is 4.72 Å². The van der Waals surface area contributed by atoms with Crippen molar-refractivity contribution >= 4 is 21.7 Å². The third kappa shape index (κ3) is 4.69. The van der Waals surface area contributed by atoms with Crippen LogP contribution in [0.4, 0.5) is 23.2 Å². The third-order valence-electron chi connectivity index (χ3n) is 3.11. The summed E-state index contributed by atoms with van der Waals surface area (Å²) < 4.78 is 77.6. The van der Waals surface area contributed by atoms with Gasteiger partial charge in [0.1, 0.15) is 10.7 Å². The molecule has 0 aliphatic carbocycles. The number of rotatable bonds is 5. The molecule has 0 spiro atoms. The molecule has 0 radical (unpaired) electrons. The van der Waals surface area contributed by atoms with Gasteiger partial charge in [-0.1, -0.05) is 12.1 Å². The highest BCUT2D eigenvalue weighted by Crippen LogP contribution is 2.31. The lowest BCUT2D eigenvalue weighted by Gasteiger charge is -2.11. The minimum atomic E-state index is -4.80. The second-order valence-electron chi connectivity index (χ2n) is 5.02. The zero-order chi connectivity index (χ0) is 18.8. The van der Waals surface area contributed by atoms with Crippen LogP contribution in [-0.4, -0.2) is 19.5 Å². The number of alkyl halides is 3. The Labute approximate surface area is 140 Å². The number of hydrogen-bond donors (Lipinski definition) is 2. The molecule has 0 atom stereocenters. The smallest absolute Gasteiger partial charge is 0.416 e. The number of carbonyl (C=O) groups is 1. The first-order valence-electron chi connectivity index (χ1n) is 6.69. The Kier molecular flexibility index (Phi) is 5.02. The van der Waals surface area contributed by atoms with Crippen LogP contribution in [0.5, 0.6) is 0 Å². The predicted octanol–water partition coefficient (Wildman–Crippen LogP) is 3.27. The summed E-state index contributed by atoms with van der Waals surface area (Å²) in [4.78, 5) is 9.63. The molecule has 0 saturated heterocycles. The Morgan fingerprint density at radius 1 is 1.08 bits per heavy atom. The van der Waals surface area contributed by atoms with Crippen LogP contribution in [0.3, 0.4) is 0 Å². The van der Waals surface area contributed by atoms with Gasteiger partial charge in [-0.2, -0.15) is 13.2 Å². The summed E-state index contributed by atoms with van der Waals surface area (Å²) in [5, 5.41) is 8.65. The fourth-order valence-electron chi connectivity index (χ4n) is 1.97. The summed E-state index contributed by atoms with van der Waals surface area (Å²) in [6, 6.07) is 6.33. The fraction of sp³-hybridized carbons (Fsp3) is 0.133. The van der Waals surface area contributed by atoms with Gasteiger partial charge in [0.2, 0.25) is 0 Å². The number of aliphatic carboxylic acids is 1. The van der Waals surface area contributed by atoms with E-state index >= 15 is 0 Å². The Morgan fingerprint density at radius 2 is 1.68 bits per heavy atom. The van der Waals surface area contributed by atoms with Gasteiger partial charge in [0.05, 0.1) is 12.0 Å². The number of halogens is 4. The molecule has 0 aliphatic rings. The maximum Gasteiger partial charge on any atom is 0.416 e. The zero-order valence-electron chi connectivity index (χ0n) is 12.3. The first-order chi connectivity index (χ1) is 11.5. The Morgan fingerprint density at radius 3 is 2.16 bits per heavy atom. The van der Waals surface area contributed by atoms with Crippen molar-refractivity contribution in [1.29, 1.82) is 0 Å². The molecule has 2 aromatic rings.